The maximum Gasteiger partial charge on any atom is 0.135 e. The van der Waals surface area contributed by atoms with E-state index in [1.165, 1.54) is 35.6 Å². The van der Waals surface area contributed by atoms with Gasteiger partial charge in [-0.2, -0.15) is 0 Å². The Morgan fingerprint density at radius 3 is 2.54 bits per heavy atom. The Balaban J connectivity index is 2.08. The second kappa shape index (κ2) is 7.67. The zero-order chi connectivity index (χ0) is 16.9. The number of benzene rings is 3. The second-order valence-electron chi connectivity index (χ2n) is 6.60. The fourth-order valence-electron chi connectivity index (χ4n) is 3.16. The summed E-state index contributed by atoms with van der Waals surface area (Å²) < 4.78 is 6.02. The third-order valence-electron chi connectivity index (χ3n) is 4.42. The van der Waals surface area contributed by atoms with E-state index in [0.29, 0.717) is 6.61 Å². The standard InChI is InChI=1S/C22H26O2/c1-3-4-5-8-17-11-12-19-14-18-9-6-7-10-20(18)22(21(19)13-17)24-15-16(2)23/h6-7,9-14,16,23H,3-5,8,15H2,1-2H3. The van der Waals surface area contributed by atoms with Crippen LogP contribution in [0.1, 0.15) is 38.7 Å². The molecular formula is C22H26O2. The predicted octanol–water partition coefficient (Wildman–Crippen LogP) is 5.49. The van der Waals surface area contributed by atoms with E-state index in [1.807, 2.05) is 12.1 Å². The summed E-state index contributed by atoms with van der Waals surface area (Å²) in [7, 11) is 0. The summed E-state index contributed by atoms with van der Waals surface area (Å²) in [6, 6.07) is 17.2. The van der Waals surface area contributed by atoms with Gasteiger partial charge in [-0.15, -0.1) is 0 Å². The van der Waals surface area contributed by atoms with Gasteiger partial charge >= 0.3 is 0 Å². The summed E-state index contributed by atoms with van der Waals surface area (Å²) in [5.74, 6) is 0.890. The number of unbranched alkanes of at least 4 members (excludes halogenated alkanes) is 2. The van der Waals surface area contributed by atoms with Gasteiger partial charge in [0, 0.05) is 10.8 Å². The third kappa shape index (κ3) is 3.70. The van der Waals surface area contributed by atoms with Crippen molar-refractivity contribution in [1.82, 2.24) is 0 Å². The van der Waals surface area contributed by atoms with Crippen LogP contribution >= 0.6 is 0 Å². The van der Waals surface area contributed by atoms with Gasteiger partial charge in [-0.3, -0.25) is 0 Å². The number of aliphatic hydroxyl groups is 1. The lowest BCUT2D eigenvalue weighted by atomic mass is 9.98. The van der Waals surface area contributed by atoms with Crippen LogP contribution in [0.3, 0.4) is 0 Å². The van der Waals surface area contributed by atoms with Crippen LogP contribution in [0.25, 0.3) is 21.5 Å². The monoisotopic (exact) mass is 322 g/mol. The number of rotatable bonds is 7. The summed E-state index contributed by atoms with van der Waals surface area (Å²) in [6.45, 7) is 4.29. The first kappa shape index (κ1) is 16.8. The molecule has 0 amide bonds. The highest BCUT2D eigenvalue weighted by molar-refractivity contribution is 6.05. The van der Waals surface area contributed by atoms with E-state index in [9.17, 15) is 5.11 Å². The molecule has 0 aliphatic rings. The molecule has 1 unspecified atom stereocenters. The van der Waals surface area contributed by atoms with E-state index in [-0.39, 0.29) is 0 Å². The molecule has 1 N–H and O–H groups in total. The molecule has 126 valence electrons. The molecule has 0 aliphatic heterocycles. The van der Waals surface area contributed by atoms with E-state index < -0.39 is 6.10 Å². The van der Waals surface area contributed by atoms with E-state index >= 15 is 0 Å². The quantitative estimate of drug-likeness (QED) is 0.460. The van der Waals surface area contributed by atoms with Crippen LogP contribution in [0.4, 0.5) is 0 Å². The molecule has 0 bridgehead atoms. The molecule has 0 fully saturated rings. The van der Waals surface area contributed by atoms with Crippen molar-refractivity contribution in [3.05, 3.63) is 54.1 Å². The Labute approximate surface area is 144 Å². The number of fused-ring (bicyclic) bond motifs is 2. The normalized spacial score (nSPS) is 12.6. The summed E-state index contributed by atoms with van der Waals surface area (Å²) >= 11 is 0. The lowest BCUT2D eigenvalue weighted by molar-refractivity contribution is 0.124. The van der Waals surface area contributed by atoms with Crippen LogP contribution in [-0.2, 0) is 6.42 Å². The van der Waals surface area contributed by atoms with E-state index in [1.54, 1.807) is 6.92 Å². The molecule has 2 heteroatoms. The highest BCUT2D eigenvalue weighted by Crippen LogP contribution is 2.35. The molecule has 0 heterocycles. The number of aliphatic hydroxyl groups excluding tert-OH is 1. The van der Waals surface area contributed by atoms with Gasteiger partial charge in [0.2, 0.25) is 0 Å². The van der Waals surface area contributed by atoms with Crippen LogP contribution in [0.15, 0.2) is 48.5 Å². The Bertz CT molecular complexity index is 821. The van der Waals surface area contributed by atoms with Crippen LogP contribution in [0.2, 0.25) is 0 Å². The molecule has 24 heavy (non-hydrogen) atoms. The van der Waals surface area contributed by atoms with Crippen molar-refractivity contribution < 1.29 is 9.84 Å². The highest BCUT2D eigenvalue weighted by atomic mass is 16.5. The van der Waals surface area contributed by atoms with Crippen molar-refractivity contribution in [3.8, 4) is 5.75 Å². The molecule has 1 atom stereocenters. The summed E-state index contributed by atoms with van der Waals surface area (Å²) in [4.78, 5) is 0. The average Bonchev–Trinajstić information content (AvgIpc) is 2.59. The smallest absolute Gasteiger partial charge is 0.135 e. The third-order valence-corrected chi connectivity index (χ3v) is 4.42. The van der Waals surface area contributed by atoms with E-state index in [0.717, 1.165) is 22.9 Å². The number of ether oxygens (including phenoxy) is 1. The molecule has 0 saturated heterocycles. The number of hydrogen-bond donors (Lipinski definition) is 1. The number of hydrogen-bond acceptors (Lipinski definition) is 2. The van der Waals surface area contributed by atoms with Crippen molar-refractivity contribution in [2.45, 2.75) is 45.6 Å². The molecule has 0 aromatic heterocycles. The first-order chi connectivity index (χ1) is 11.7. The molecule has 3 aromatic carbocycles. The van der Waals surface area contributed by atoms with Crippen LogP contribution in [0, 0.1) is 0 Å². The van der Waals surface area contributed by atoms with E-state index in [4.69, 9.17) is 4.74 Å². The lowest BCUT2D eigenvalue weighted by Crippen LogP contribution is -2.13. The second-order valence-corrected chi connectivity index (χ2v) is 6.60. The molecule has 3 aromatic rings. The van der Waals surface area contributed by atoms with Gasteiger partial charge in [0.15, 0.2) is 0 Å². The SMILES string of the molecule is CCCCCc1ccc2cc3ccccc3c(OCC(C)O)c2c1. The molecule has 3 rings (SSSR count). The molecule has 0 spiro atoms. The fourth-order valence-corrected chi connectivity index (χ4v) is 3.16. The fraction of sp³-hybridized carbons (Fsp3) is 0.364. The van der Waals surface area contributed by atoms with Gasteiger partial charge in [-0.05, 0) is 48.2 Å². The Kier molecular flexibility index (Phi) is 5.37. The minimum Gasteiger partial charge on any atom is -0.490 e. The minimum absolute atomic E-state index is 0.309. The summed E-state index contributed by atoms with van der Waals surface area (Å²) in [6.07, 6.45) is 4.35. The maximum absolute atomic E-state index is 9.63. The van der Waals surface area contributed by atoms with E-state index in [2.05, 4.69) is 43.3 Å². The van der Waals surface area contributed by atoms with Crippen molar-refractivity contribution >= 4 is 21.5 Å². The molecule has 2 nitrogen and oxygen atoms in total. The first-order valence-electron chi connectivity index (χ1n) is 8.94. The van der Waals surface area contributed by atoms with Crippen LogP contribution in [0.5, 0.6) is 5.75 Å². The zero-order valence-corrected chi connectivity index (χ0v) is 14.6. The summed E-state index contributed by atoms with van der Waals surface area (Å²) in [5.41, 5.74) is 1.35. The Morgan fingerprint density at radius 1 is 0.958 bits per heavy atom. The molecular weight excluding hydrogens is 296 g/mol. The van der Waals surface area contributed by atoms with Crippen molar-refractivity contribution in [2.75, 3.05) is 6.61 Å². The number of aryl methyl sites for hydroxylation is 1. The topological polar surface area (TPSA) is 29.5 Å². The van der Waals surface area contributed by atoms with Crippen molar-refractivity contribution in [1.29, 1.82) is 0 Å². The maximum atomic E-state index is 9.63. The van der Waals surface area contributed by atoms with Crippen LogP contribution in [-0.4, -0.2) is 17.8 Å². The molecule has 0 saturated carbocycles. The van der Waals surface area contributed by atoms with Gasteiger partial charge in [0.1, 0.15) is 12.4 Å². The lowest BCUT2D eigenvalue weighted by Gasteiger charge is -2.15. The van der Waals surface area contributed by atoms with Crippen molar-refractivity contribution in [3.63, 3.8) is 0 Å². The van der Waals surface area contributed by atoms with Gasteiger partial charge in [0.25, 0.3) is 0 Å². The zero-order valence-electron chi connectivity index (χ0n) is 14.6. The highest BCUT2D eigenvalue weighted by Gasteiger charge is 2.10. The predicted molar refractivity (Wildman–Crippen MR) is 102 cm³/mol. The van der Waals surface area contributed by atoms with Crippen LogP contribution < -0.4 is 4.74 Å². The molecule has 0 aliphatic carbocycles. The Hall–Kier alpha value is -2.06. The Morgan fingerprint density at radius 2 is 1.75 bits per heavy atom. The minimum atomic E-state index is -0.480. The van der Waals surface area contributed by atoms with Gasteiger partial charge in [-0.25, -0.2) is 0 Å². The summed E-state index contributed by atoms with van der Waals surface area (Å²) in [5, 5.41) is 14.2. The average molecular weight is 322 g/mol. The molecule has 0 radical (unpaired) electrons. The van der Waals surface area contributed by atoms with Crippen molar-refractivity contribution in [2.24, 2.45) is 0 Å². The van der Waals surface area contributed by atoms with Gasteiger partial charge < -0.3 is 9.84 Å². The van der Waals surface area contributed by atoms with Gasteiger partial charge in [-0.1, -0.05) is 56.2 Å². The first-order valence-corrected chi connectivity index (χ1v) is 8.94. The van der Waals surface area contributed by atoms with Gasteiger partial charge in [0.05, 0.1) is 6.10 Å². The largest absolute Gasteiger partial charge is 0.490 e.